The highest BCUT2D eigenvalue weighted by Crippen LogP contribution is 2.13. The molecule has 0 aromatic rings. The average molecular weight is 871 g/mol. The Labute approximate surface area is 386 Å². The summed E-state index contributed by atoms with van der Waals surface area (Å²) in [6, 6.07) is 0. The van der Waals surface area contributed by atoms with Gasteiger partial charge in [-0.3, -0.25) is 14.4 Å². The lowest BCUT2D eigenvalue weighted by Crippen LogP contribution is -2.30. The van der Waals surface area contributed by atoms with Crippen LogP contribution in [0.3, 0.4) is 0 Å². The number of unbranched alkanes of at least 4 members (excludes halogenated alkanes) is 12. The lowest BCUT2D eigenvalue weighted by atomic mass is 10.1. The predicted octanol–water partition coefficient (Wildman–Crippen LogP) is 16.5. The van der Waals surface area contributed by atoms with Gasteiger partial charge >= 0.3 is 17.9 Å². The highest BCUT2D eigenvalue weighted by atomic mass is 16.6. The van der Waals surface area contributed by atoms with Crippen LogP contribution in [-0.4, -0.2) is 37.2 Å². The first-order valence-electron chi connectivity index (χ1n) is 25.0. The van der Waals surface area contributed by atoms with E-state index in [0.29, 0.717) is 19.3 Å². The third-order valence-corrected chi connectivity index (χ3v) is 9.98. The second-order valence-electron chi connectivity index (χ2n) is 16.0. The molecule has 6 nitrogen and oxygen atoms in total. The molecule has 0 N–H and O–H groups in total. The van der Waals surface area contributed by atoms with Gasteiger partial charge in [-0.05, 0) is 96.3 Å². The zero-order chi connectivity index (χ0) is 45.8. The normalized spacial score (nSPS) is 13.1. The lowest BCUT2D eigenvalue weighted by Gasteiger charge is -2.18. The molecule has 6 heteroatoms. The van der Waals surface area contributed by atoms with E-state index in [1.165, 1.54) is 51.4 Å². The van der Waals surface area contributed by atoms with E-state index in [9.17, 15) is 14.4 Å². The van der Waals surface area contributed by atoms with Gasteiger partial charge in [0.05, 0.1) is 0 Å². The second kappa shape index (κ2) is 50.5. The number of ether oxygens (including phenoxy) is 3. The number of carbonyl (C=O) groups is 3. The van der Waals surface area contributed by atoms with E-state index in [4.69, 9.17) is 14.2 Å². The molecule has 354 valence electrons. The Morgan fingerprint density at radius 2 is 0.651 bits per heavy atom. The fourth-order valence-corrected chi connectivity index (χ4v) is 6.28. The predicted molar refractivity (Wildman–Crippen MR) is 269 cm³/mol. The Morgan fingerprint density at radius 1 is 0.333 bits per heavy atom. The van der Waals surface area contributed by atoms with Crippen molar-refractivity contribution in [3.8, 4) is 0 Å². The van der Waals surface area contributed by atoms with Crippen LogP contribution in [0.15, 0.2) is 122 Å². The summed E-state index contributed by atoms with van der Waals surface area (Å²) in [7, 11) is 0. The van der Waals surface area contributed by atoms with E-state index in [1.807, 2.05) is 12.2 Å². The van der Waals surface area contributed by atoms with Gasteiger partial charge in [-0.1, -0.05) is 206 Å². The molecule has 0 aliphatic heterocycles. The minimum atomic E-state index is -0.836. The summed E-state index contributed by atoms with van der Waals surface area (Å²) in [5.41, 5.74) is 0. The zero-order valence-corrected chi connectivity index (χ0v) is 40.3. The first kappa shape index (κ1) is 58.8. The standard InChI is InChI=1S/C57H90O6/c1-4-7-10-13-16-19-22-24-26-27-28-29-31-33-36-39-42-45-48-51-57(60)63-54(52-61-55(58)49-46-43-40-37-34-21-18-15-12-9-6-3)53-62-56(59)50-47-44-41-38-35-32-30-25-23-20-17-14-11-8-5-2/h7-8,10-11,16-17,19-20,24-26,28-30,33,35-36,38,42,45,54H,4-6,9,12-15,18,21-23,27,31-32,34,37,39-41,43-44,46-53H2,1-3H3/b10-7-,11-8-,19-16-,20-17-,26-24-,29-28-,30-25-,36-33-,38-35-,45-42-/t54-/m0/s1. The summed E-state index contributed by atoms with van der Waals surface area (Å²) in [6.07, 6.45) is 69.1. The summed E-state index contributed by atoms with van der Waals surface area (Å²) < 4.78 is 16.7. The van der Waals surface area contributed by atoms with Crippen LogP contribution in [0.5, 0.6) is 0 Å². The molecule has 63 heavy (non-hydrogen) atoms. The quantitative estimate of drug-likeness (QED) is 0.0263. The molecule has 0 saturated carbocycles. The molecular weight excluding hydrogens is 781 g/mol. The fraction of sp³-hybridized carbons (Fsp3) is 0.596. The molecule has 0 aliphatic carbocycles. The number of allylic oxidation sites excluding steroid dienone is 20. The van der Waals surface area contributed by atoms with E-state index in [0.717, 1.165) is 96.3 Å². The molecule has 0 amide bonds. The topological polar surface area (TPSA) is 78.9 Å². The Hall–Kier alpha value is -4.19. The number of hydrogen-bond donors (Lipinski definition) is 0. The van der Waals surface area contributed by atoms with Gasteiger partial charge in [0.1, 0.15) is 13.2 Å². The molecule has 0 aromatic carbocycles. The van der Waals surface area contributed by atoms with Crippen LogP contribution < -0.4 is 0 Å². The van der Waals surface area contributed by atoms with Gasteiger partial charge in [0.2, 0.25) is 0 Å². The van der Waals surface area contributed by atoms with E-state index < -0.39 is 12.1 Å². The first-order valence-corrected chi connectivity index (χ1v) is 25.0. The zero-order valence-electron chi connectivity index (χ0n) is 40.3. The number of hydrogen-bond acceptors (Lipinski definition) is 6. The first-order chi connectivity index (χ1) is 31.0. The molecule has 0 rings (SSSR count). The van der Waals surface area contributed by atoms with Crippen molar-refractivity contribution in [2.24, 2.45) is 0 Å². The number of rotatable bonds is 43. The Morgan fingerprint density at radius 3 is 1.03 bits per heavy atom. The van der Waals surface area contributed by atoms with Crippen LogP contribution in [0.2, 0.25) is 0 Å². The molecule has 0 saturated heterocycles. The molecule has 0 spiro atoms. The number of esters is 3. The summed E-state index contributed by atoms with van der Waals surface area (Å²) in [6.45, 7) is 6.28. The molecule has 0 aliphatic rings. The van der Waals surface area contributed by atoms with Crippen LogP contribution in [0.25, 0.3) is 0 Å². The molecule has 1 atom stereocenters. The van der Waals surface area contributed by atoms with Crippen LogP contribution in [0.4, 0.5) is 0 Å². The van der Waals surface area contributed by atoms with Crippen LogP contribution >= 0.6 is 0 Å². The van der Waals surface area contributed by atoms with Crippen LogP contribution in [0, 0.1) is 0 Å². The van der Waals surface area contributed by atoms with Crippen molar-refractivity contribution in [1.29, 1.82) is 0 Å². The average Bonchev–Trinajstić information content (AvgIpc) is 3.28. The molecular formula is C57H90O6. The van der Waals surface area contributed by atoms with E-state index in [1.54, 1.807) is 0 Å². The smallest absolute Gasteiger partial charge is 0.306 e. The Kier molecular flexibility index (Phi) is 47.1. The van der Waals surface area contributed by atoms with Gasteiger partial charge in [-0.2, -0.15) is 0 Å². The largest absolute Gasteiger partial charge is 0.462 e. The number of carbonyl (C=O) groups excluding carboxylic acids is 3. The van der Waals surface area contributed by atoms with Gasteiger partial charge < -0.3 is 14.2 Å². The Balaban J connectivity index is 4.59. The maximum atomic E-state index is 12.8. The van der Waals surface area contributed by atoms with Crippen molar-refractivity contribution in [3.05, 3.63) is 122 Å². The van der Waals surface area contributed by atoms with Gasteiger partial charge in [-0.25, -0.2) is 0 Å². The summed E-state index contributed by atoms with van der Waals surface area (Å²) >= 11 is 0. The van der Waals surface area contributed by atoms with E-state index in [2.05, 4.69) is 130 Å². The van der Waals surface area contributed by atoms with Crippen molar-refractivity contribution in [2.75, 3.05) is 13.2 Å². The monoisotopic (exact) mass is 871 g/mol. The van der Waals surface area contributed by atoms with Crippen molar-refractivity contribution in [1.82, 2.24) is 0 Å². The SMILES string of the molecule is CC/C=C\C/C=C\C/C=C\C/C=C\C/C=C\C/C=C\CCC(=O)O[C@H](COC(=O)CCCC/C=C\C/C=C\C/C=C\C/C=C\CC)COC(=O)CCCCCCCCCCCCC. The fourth-order valence-electron chi connectivity index (χ4n) is 6.28. The van der Waals surface area contributed by atoms with E-state index >= 15 is 0 Å². The third-order valence-electron chi connectivity index (χ3n) is 9.98. The maximum absolute atomic E-state index is 12.8. The minimum absolute atomic E-state index is 0.123. The van der Waals surface area contributed by atoms with Crippen molar-refractivity contribution >= 4 is 17.9 Å². The molecule has 0 heterocycles. The molecule has 0 aromatic heterocycles. The van der Waals surface area contributed by atoms with Crippen molar-refractivity contribution in [3.63, 3.8) is 0 Å². The Bertz CT molecular complexity index is 1370. The van der Waals surface area contributed by atoms with Crippen molar-refractivity contribution in [2.45, 2.75) is 207 Å². The lowest BCUT2D eigenvalue weighted by molar-refractivity contribution is -0.166. The minimum Gasteiger partial charge on any atom is -0.462 e. The van der Waals surface area contributed by atoms with Crippen LogP contribution in [-0.2, 0) is 28.6 Å². The second-order valence-corrected chi connectivity index (χ2v) is 16.0. The van der Waals surface area contributed by atoms with E-state index in [-0.39, 0.29) is 38.0 Å². The third kappa shape index (κ3) is 48.7. The molecule has 0 bridgehead atoms. The van der Waals surface area contributed by atoms with Crippen LogP contribution in [0.1, 0.15) is 201 Å². The summed E-state index contributed by atoms with van der Waals surface area (Å²) in [4.78, 5) is 37.9. The molecule has 0 radical (unpaired) electrons. The highest BCUT2D eigenvalue weighted by molar-refractivity contribution is 5.71. The van der Waals surface area contributed by atoms with Gasteiger partial charge in [0, 0.05) is 19.3 Å². The maximum Gasteiger partial charge on any atom is 0.306 e. The highest BCUT2D eigenvalue weighted by Gasteiger charge is 2.19. The van der Waals surface area contributed by atoms with Gasteiger partial charge in [-0.15, -0.1) is 0 Å². The summed E-state index contributed by atoms with van der Waals surface area (Å²) in [5, 5.41) is 0. The molecule has 0 unspecified atom stereocenters. The van der Waals surface area contributed by atoms with Crippen molar-refractivity contribution < 1.29 is 28.6 Å². The van der Waals surface area contributed by atoms with Gasteiger partial charge in [0.25, 0.3) is 0 Å². The molecule has 0 fully saturated rings. The van der Waals surface area contributed by atoms with Gasteiger partial charge in [0.15, 0.2) is 6.10 Å². The summed E-state index contributed by atoms with van der Waals surface area (Å²) in [5.74, 6) is -1.06.